The standard InChI is InChI=1S/C17H16N4/c1-3-21-8-4-5-14(21)10-13(11-18)17-19-15-7-6-12(2)9-16(15)20-17/h4-10H,3H2,1-2H3,(H,19,20)/b13-10-. The summed E-state index contributed by atoms with van der Waals surface area (Å²) < 4.78 is 2.09. The van der Waals surface area contributed by atoms with E-state index >= 15 is 0 Å². The molecule has 104 valence electrons. The third-order valence-corrected chi connectivity index (χ3v) is 3.51. The normalized spacial score (nSPS) is 11.8. The van der Waals surface area contributed by atoms with E-state index in [0.29, 0.717) is 11.4 Å². The largest absolute Gasteiger partial charge is 0.348 e. The highest BCUT2D eigenvalue weighted by molar-refractivity contribution is 5.89. The Kier molecular flexibility index (Phi) is 3.33. The van der Waals surface area contributed by atoms with Crippen LogP contribution in [0.25, 0.3) is 22.7 Å². The Bertz CT molecular complexity index is 858. The van der Waals surface area contributed by atoms with Gasteiger partial charge in [0.05, 0.1) is 16.6 Å². The topological polar surface area (TPSA) is 57.4 Å². The number of nitriles is 1. The third-order valence-electron chi connectivity index (χ3n) is 3.51. The van der Waals surface area contributed by atoms with Crippen molar-refractivity contribution in [2.45, 2.75) is 20.4 Å². The Morgan fingerprint density at radius 3 is 3.05 bits per heavy atom. The minimum Gasteiger partial charge on any atom is -0.348 e. The molecule has 0 saturated carbocycles. The number of H-pyrrole nitrogens is 1. The second-order valence-electron chi connectivity index (χ2n) is 4.99. The molecule has 0 unspecified atom stereocenters. The molecule has 21 heavy (non-hydrogen) atoms. The van der Waals surface area contributed by atoms with E-state index in [1.165, 1.54) is 5.56 Å². The minimum absolute atomic E-state index is 0.539. The molecule has 0 aliphatic carbocycles. The van der Waals surface area contributed by atoms with Gasteiger partial charge in [-0.2, -0.15) is 5.26 Å². The van der Waals surface area contributed by atoms with Gasteiger partial charge < -0.3 is 9.55 Å². The summed E-state index contributed by atoms with van der Waals surface area (Å²) in [6.45, 7) is 4.99. The Hall–Kier alpha value is -2.80. The fraction of sp³-hybridized carbons (Fsp3) is 0.176. The SMILES string of the molecule is CCn1cccc1/C=C(/C#N)c1nc2ccc(C)cc2[nH]1. The van der Waals surface area contributed by atoms with Gasteiger partial charge in [0.25, 0.3) is 0 Å². The maximum atomic E-state index is 9.43. The van der Waals surface area contributed by atoms with Gasteiger partial charge in [0, 0.05) is 18.4 Å². The van der Waals surface area contributed by atoms with E-state index in [-0.39, 0.29) is 0 Å². The predicted molar refractivity (Wildman–Crippen MR) is 84.4 cm³/mol. The van der Waals surface area contributed by atoms with Gasteiger partial charge >= 0.3 is 0 Å². The summed E-state index contributed by atoms with van der Waals surface area (Å²) in [4.78, 5) is 7.73. The van der Waals surface area contributed by atoms with Crippen LogP contribution >= 0.6 is 0 Å². The zero-order valence-corrected chi connectivity index (χ0v) is 12.1. The lowest BCUT2D eigenvalue weighted by atomic mass is 10.2. The first-order valence-electron chi connectivity index (χ1n) is 6.95. The van der Waals surface area contributed by atoms with Crippen LogP contribution in [0, 0.1) is 18.3 Å². The molecule has 1 aromatic carbocycles. The van der Waals surface area contributed by atoms with Crippen molar-refractivity contribution in [3.63, 3.8) is 0 Å². The second kappa shape index (κ2) is 5.29. The van der Waals surface area contributed by atoms with Gasteiger partial charge in [0.15, 0.2) is 0 Å². The highest BCUT2D eigenvalue weighted by Crippen LogP contribution is 2.20. The molecule has 0 saturated heterocycles. The molecular weight excluding hydrogens is 260 g/mol. The number of rotatable bonds is 3. The molecule has 4 nitrogen and oxygen atoms in total. The number of fused-ring (bicyclic) bond motifs is 1. The molecule has 0 amide bonds. The Balaban J connectivity index is 2.08. The van der Waals surface area contributed by atoms with Gasteiger partial charge in [-0.3, -0.25) is 0 Å². The van der Waals surface area contributed by atoms with E-state index in [4.69, 9.17) is 0 Å². The number of aryl methyl sites for hydroxylation is 2. The van der Waals surface area contributed by atoms with Crippen LogP contribution in [0.5, 0.6) is 0 Å². The molecule has 2 heterocycles. The van der Waals surface area contributed by atoms with Crippen molar-refractivity contribution < 1.29 is 0 Å². The molecule has 0 aliphatic rings. The summed E-state index contributed by atoms with van der Waals surface area (Å²) in [5.74, 6) is 0.613. The number of hydrogen-bond acceptors (Lipinski definition) is 2. The summed E-state index contributed by atoms with van der Waals surface area (Å²) in [6.07, 6.45) is 3.87. The minimum atomic E-state index is 0.539. The lowest BCUT2D eigenvalue weighted by Gasteiger charge is -2.01. The van der Waals surface area contributed by atoms with Crippen LogP contribution in [0.2, 0.25) is 0 Å². The molecular formula is C17H16N4. The van der Waals surface area contributed by atoms with Crippen molar-refractivity contribution in [2.75, 3.05) is 0 Å². The molecule has 0 spiro atoms. The molecule has 2 aromatic heterocycles. The molecule has 0 radical (unpaired) electrons. The third kappa shape index (κ3) is 2.46. The van der Waals surface area contributed by atoms with E-state index in [9.17, 15) is 5.26 Å². The highest BCUT2D eigenvalue weighted by atomic mass is 15.0. The average Bonchev–Trinajstić information content (AvgIpc) is 3.09. The summed E-state index contributed by atoms with van der Waals surface area (Å²) in [5.41, 5.74) is 4.54. The van der Waals surface area contributed by atoms with Crippen LogP contribution < -0.4 is 0 Å². The summed E-state index contributed by atoms with van der Waals surface area (Å²) in [7, 11) is 0. The van der Waals surface area contributed by atoms with Crippen LogP contribution in [-0.4, -0.2) is 14.5 Å². The van der Waals surface area contributed by atoms with E-state index in [0.717, 1.165) is 23.3 Å². The number of nitrogens with one attached hydrogen (secondary N) is 1. The Morgan fingerprint density at radius 2 is 2.29 bits per heavy atom. The molecule has 4 heteroatoms. The summed E-state index contributed by atoms with van der Waals surface area (Å²) >= 11 is 0. The first kappa shape index (κ1) is 13.2. The fourth-order valence-corrected chi connectivity index (χ4v) is 2.40. The zero-order valence-electron chi connectivity index (χ0n) is 12.1. The van der Waals surface area contributed by atoms with Gasteiger partial charge in [-0.1, -0.05) is 6.07 Å². The smallest absolute Gasteiger partial charge is 0.149 e. The van der Waals surface area contributed by atoms with Crippen molar-refractivity contribution in [3.05, 3.63) is 53.6 Å². The molecule has 3 aromatic rings. The highest BCUT2D eigenvalue weighted by Gasteiger charge is 2.09. The number of allylic oxidation sites excluding steroid dienone is 1. The lowest BCUT2D eigenvalue weighted by molar-refractivity contribution is 0.762. The van der Waals surface area contributed by atoms with Crippen LogP contribution in [0.1, 0.15) is 24.0 Å². The maximum absolute atomic E-state index is 9.43. The van der Waals surface area contributed by atoms with Gasteiger partial charge in [-0.25, -0.2) is 4.98 Å². The maximum Gasteiger partial charge on any atom is 0.149 e. The lowest BCUT2D eigenvalue weighted by Crippen LogP contribution is -1.95. The molecule has 0 bridgehead atoms. The number of aromatic amines is 1. The average molecular weight is 276 g/mol. The number of imidazole rings is 1. The molecule has 0 atom stereocenters. The predicted octanol–water partition coefficient (Wildman–Crippen LogP) is 3.76. The van der Waals surface area contributed by atoms with Gasteiger partial charge in [-0.05, 0) is 49.8 Å². The number of hydrogen-bond donors (Lipinski definition) is 1. The first-order valence-corrected chi connectivity index (χ1v) is 6.95. The summed E-state index contributed by atoms with van der Waals surface area (Å²) in [6, 6.07) is 12.2. The fourth-order valence-electron chi connectivity index (χ4n) is 2.40. The zero-order chi connectivity index (χ0) is 14.8. The summed E-state index contributed by atoms with van der Waals surface area (Å²) in [5, 5.41) is 9.43. The molecule has 3 rings (SSSR count). The Labute approximate surface area is 123 Å². The van der Waals surface area contributed by atoms with E-state index in [1.54, 1.807) is 0 Å². The first-order chi connectivity index (χ1) is 10.2. The van der Waals surface area contributed by atoms with E-state index in [1.807, 2.05) is 49.5 Å². The quantitative estimate of drug-likeness (QED) is 0.740. The number of benzene rings is 1. The molecule has 0 fully saturated rings. The number of aromatic nitrogens is 3. The van der Waals surface area contributed by atoms with Crippen molar-refractivity contribution in [2.24, 2.45) is 0 Å². The van der Waals surface area contributed by atoms with Crippen molar-refractivity contribution in [1.29, 1.82) is 5.26 Å². The van der Waals surface area contributed by atoms with Crippen molar-refractivity contribution in [3.8, 4) is 6.07 Å². The van der Waals surface area contributed by atoms with Crippen LogP contribution in [0.15, 0.2) is 36.5 Å². The number of nitrogens with zero attached hydrogens (tertiary/aromatic N) is 3. The van der Waals surface area contributed by atoms with Gasteiger partial charge in [0.2, 0.25) is 0 Å². The second-order valence-corrected chi connectivity index (χ2v) is 4.99. The van der Waals surface area contributed by atoms with Crippen LogP contribution in [-0.2, 0) is 6.54 Å². The van der Waals surface area contributed by atoms with Gasteiger partial charge in [0.1, 0.15) is 11.9 Å². The Morgan fingerprint density at radius 1 is 1.43 bits per heavy atom. The van der Waals surface area contributed by atoms with Crippen molar-refractivity contribution >= 4 is 22.7 Å². The van der Waals surface area contributed by atoms with Gasteiger partial charge in [-0.15, -0.1) is 0 Å². The molecule has 0 aliphatic heterocycles. The van der Waals surface area contributed by atoms with Crippen LogP contribution in [0.4, 0.5) is 0 Å². The van der Waals surface area contributed by atoms with E-state index < -0.39 is 0 Å². The van der Waals surface area contributed by atoms with E-state index in [2.05, 4.69) is 27.5 Å². The van der Waals surface area contributed by atoms with Crippen LogP contribution in [0.3, 0.4) is 0 Å². The molecule has 1 N–H and O–H groups in total. The van der Waals surface area contributed by atoms with Crippen molar-refractivity contribution in [1.82, 2.24) is 14.5 Å². The monoisotopic (exact) mass is 276 g/mol.